The summed E-state index contributed by atoms with van der Waals surface area (Å²) >= 11 is 13.3. The standard InChI is InChI=1S/C12H12Cl2N2O3S/c13-9-2-1-8(11(14)15-9)12(19)16-3-4-20-6-7(16)5-10(17)18/h1-2,7H,3-6H2,(H,17,18). The van der Waals surface area contributed by atoms with Crippen LogP contribution in [0.1, 0.15) is 16.8 Å². The van der Waals surface area contributed by atoms with Gasteiger partial charge in [0.1, 0.15) is 10.3 Å². The molecule has 1 aliphatic heterocycles. The van der Waals surface area contributed by atoms with E-state index in [4.69, 9.17) is 28.3 Å². The van der Waals surface area contributed by atoms with E-state index < -0.39 is 5.97 Å². The number of amides is 1. The average molecular weight is 335 g/mol. The molecule has 0 saturated carbocycles. The van der Waals surface area contributed by atoms with Crippen LogP contribution in [0.3, 0.4) is 0 Å². The first-order valence-electron chi connectivity index (χ1n) is 5.91. The highest BCUT2D eigenvalue weighted by Crippen LogP contribution is 2.24. The molecular weight excluding hydrogens is 323 g/mol. The first-order valence-corrected chi connectivity index (χ1v) is 7.82. The van der Waals surface area contributed by atoms with Crippen molar-refractivity contribution in [3.8, 4) is 0 Å². The summed E-state index contributed by atoms with van der Waals surface area (Å²) in [6, 6.07) is 2.68. The minimum absolute atomic E-state index is 0.0369. The molecule has 1 atom stereocenters. The summed E-state index contributed by atoms with van der Waals surface area (Å²) in [5.74, 6) is 0.165. The van der Waals surface area contributed by atoms with E-state index in [1.807, 2.05) is 0 Å². The second kappa shape index (κ2) is 6.65. The van der Waals surface area contributed by atoms with E-state index >= 15 is 0 Å². The molecule has 2 heterocycles. The number of hydrogen-bond acceptors (Lipinski definition) is 4. The molecule has 1 aliphatic rings. The maximum atomic E-state index is 12.5. The van der Waals surface area contributed by atoms with Crippen LogP contribution in [0.15, 0.2) is 12.1 Å². The number of nitrogens with zero attached hydrogens (tertiary/aromatic N) is 2. The molecule has 1 aromatic heterocycles. The molecule has 2 rings (SSSR count). The highest BCUT2D eigenvalue weighted by molar-refractivity contribution is 7.99. The summed E-state index contributed by atoms with van der Waals surface area (Å²) in [6.45, 7) is 0.500. The highest BCUT2D eigenvalue weighted by atomic mass is 35.5. The lowest BCUT2D eigenvalue weighted by Crippen LogP contribution is -2.47. The van der Waals surface area contributed by atoms with Gasteiger partial charge in [0.25, 0.3) is 5.91 Å². The lowest BCUT2D eigenvalue weighted by Gasteiger charge is -2.34. The molecule has 0 aromatic carbocycles. The van der Waals surface area contributed by atoms with Gasteiger partial charge in [0, 0.05) is 18.1 Å². The third kappa shape index (κ3) is 3.56. The molecule has 1 fully saturated rings. The average Bonchev–Trinajstić information content (AvgIpc) is 2.38. The molecule has 0 spiro atoms. The van der Waals surface area contributed by atoms with Gasteiger partial charge in [-0.2, -0.15) is 11.8 Å². The van der Waals surface area contributed by atoms with E-state index in [2.05, 4.69) is 4.98 Å². The molecular formula is C12H12Cl2N2O3S. The van der Waals surface area contributed by atoms with Crippen LogP contribution in [0.2, 0.25) is 10.3 Å². The largest absolute Gasteiger partial charge is 0.481 e. The minimum atomic E-state index is -0.921. The topological polar surface area (TPSA) is 70.5 Å². The van der Waals surface area contributed by atoms with E-state index in [1.165, 1.54) is 12.1 Å². The fourth-order valence-electron chi connectivity index (χ4n) is 2.02. The van der Waals surface area contributed by atoms with Gasteiger partial charge in [-0.05, 0) is 12.1 Å². The summed E-state index contributed by atoms with van der Waals surface area (Å²) in [6.07, 6.45) is -0.0720. The number of aromatic nitrogens is 1. The fraction of sp³-hybridized carbons (Fsp3) is 0.417. The molecule has 1 amide bonds. The van der Waals surface area contributed by atoms with Crippen LogP contribution in [0, 0.1) is 0 Å². The van der Waals surface area contributed by atoms with Gasteiger partial charge >= 0.3 is 5.97 Å². The van der Waals surface area contributed by atoms with Gasteiger partial charge in [-0.1, -0.05) is 23.2 Å². The molecule has 8 heteroatoms. The first-order chi connectivity index (χ1) is 9.49. The Morgan fingerprint density at radius 2 is 2.20 bits per heavy atom. The smallest absolute Gasteiger partial charge is 0.305 e. The van der Waals surface area contributed by atoms with Crippen molar-refractivity contribution in [2.75, 3.05) is 18.1 Å². The number of aliphatic carboxylic acids is 1. The molecule has 108 valence electrons. The van der Waals surface area contributed by atoms with Gasteiger partial charge in [-0.25, -0.2) is 4.98 Å². The summed E-state index contributed by atoms with van der Waals surface area (Å²) in [5, 5.41) is 9.17. The van der Waals surface area contributed by atoms with Crippen LogP contribution in [0.4, 0.5) is 0 Å². The first kappa shape index (κ1) is 15.4. The molecule has 20 heavy (non-hydrogen) atoms. The Bertz CT molecular complexity index is 541. The second-order valence-corrected chi connectivity index (χ2v) is 6.19. The normalized spacial score (nSPS) is 18.9. The van der Waals surface area contributed by atoms with Crippen LogP contribution >= 0.6 is 35.0 Å². The summed E-state index contributed by atoms with van der Waals surface area (Å²) in [4.78, 5) is 28.8. The van der Waals surface area contributed by atoms with Crippen LogP contribution < -0.4 is 0 Å². The summed E-state index contributed by atoms with van der Waals surface area (Å²) in [5.41, 5.74) is 0.248. The Morgan fingerprint density at radius 1 is 1.45 bits per heavy atom. The lowest BCUT2D eigenvalue weighted by molar-refractivity contribution is -0.138. The van der Waals surface area contributed by atoms with Crippen molar-refractivity contribution < 1.29 is 14.7 Å². The fourth-order valence-corrected chi connectivity index (χ4v) is 3.51. The molecule has 1 aromatic rings. The number of carboxylic acids is 1. The number of hydrogen-bond donors (Lipinski definition) is 1. The van der Waals surface area contributed by atoms with Crippen molar-refractivity contribution in [1.29, 1.82) is 0 Å². The van der Waals surface area contributed by atoms with Gasteiger partial charge in [0.15, 0.2) is 0 Å². The van der Waals surface area contributed by atoms with E-state index in [0.29, 0.717) is 12.3 Å². The maximum absolute atomic E-state index is 12.5. The maximum Gasteiger partial charge on any atom is 0.305 e. The Balaban J connectivity index is 2.22. The Morgan fingerprint density at radius 3 is 2.85 bits per heavy atom. The number of carbonyl (C=O) groups excluding carboxylic acids is 1. The summed E-state index contributed by atoms with van der Waals surface area (Å²) < 4.78 is 0. The van der Waals surface area contributed by atoms with Crippen LogP contribution in [-0.4, -0.2) is 51.0 Å². The molecule has 0 aliphatic carbocycles. The third-order valence-corrected chi connectivity index (χ3v) is 4.53. The molecule has 1 N–H and O–H groups in total. The van der Waals surface area contributed by atoms with Gasteiger partial charge in [0.05, 0.1) is 18.0 Å². The van der Waals surface area contributed by atoms with Gasteiger partial charge in [0.2, 0.25) is 0 Å². The molecule has 0 bridgehead atoms. The van der Waals surface area contributed by atoms with Crippen molar-refractivity contribution >= 4 is 46.8 Å². The molecule has 5 nitrogen and oxygen atoms in total. The van der Waals surface area contributed by atoms with E-state index in [0.717, 1.165) is 5.75 Å². The number of halogens is 2. The predicted octanol–water partition coefficient (Wildman–Crippen LogP) is 2.42. The highest BCUT2D eigenvalue weighted by Gasteiger charge is 2.30. The van der Waals surface area contributed by atoms with Crippen molar-refractivity contribution in [3.05, 3.63) is 28.0 Å². The number of carboxylic acid groups (broad SMARTS) is 1. The number of pyridine rings is 1. The zero-order valence-corrected chi connectivity index (χ0v) is 12.7. The molecule has 1 saturated heterocycles. The predicted molar refractivity (Wildman–Crippen MR) is 78.7 cm³/mol. The number of rotatable bonds is 3. The second-order valence-electron chi connectivity index (χ2n) is 4.30. The van der Waals surface area contributed by atoms with Crippen LogP contribution in [0.5, 0.6) is 0 Å². The van der Waals surface area contributed by atoms with E-state index in [9.17, 15) is 9.59 Å². The Kier molecular flexibility index (Phi) is 5.12. The minimum Gasteiger partial charge on any atom is -0.481 e. The quantitative estimate of drug-likeness (QED) is 0.859. The summed E-state index contributed by atoms with van der Waals surface area (Å²) in [7, 11) is 0. The van der Waals surface area contributed by atoms with Crippen molar-refractivity contribution in [2.24, 2.45) is 0 Å². The van der Waals surface area contributed by atoms with Crippen LogP contribution in [0.25, 0.3) is 0 Å². The van der Waals surface area contributed by atoms with Gasteiger partial charge < -0.3 is 10.0 Å². The zero-order valence-electron chi connectivity index (χ0n) is 10.4. The third-order valence-electron chi connectivity index (χ3n) is 2.94. The Labute approximate surface area is 130 Å². The zero-order chi connectivity index (χ0) is 14.7. The number of thioether (sulfide) groups is 1. The number of carbonyl (C=O) groups is 2. The van der Waals surface area contributed by atoms with Crippen LogP contribution in [-0.2, 0) is 4.79 Å². The van der Waals surface area contributed by atoms with Gasteiger partial charge in [-0.15, -0.1) is 0 Å². The van der Waals surface area contributed by atoms with Crippen molar-refractivity contribution in [2.45, 2.75) is 12.5 Å². The van der Waals surface area contributed by atoms with Crippen molar-refractivity contribution in [3.63, 3.8) is 0 Å². The Hall–Kier alpha value is -0.980. The van der Waals surface area contributed by atoms with E-state index in [1.54, 1.807) is 16.7 Å². The monoisotopic (exact) mass is 334 g/mol. The van der Waals surface area contributed by atoms with Crippen molar-refractivity contribution in [1.82, 2.24) is 9.88 Å². The SMILES string of the molecule is O=C(O)CC1CSCCN1C(=O)c1ccc(Cl)nc1Cl. The van der Waals surface area contributed by atoms with Gasteiger partial charge in [-0.3, -0.25) is 9.59 Å². The lowest BCUT2D eigenvalue weighted by atomic mass is 10.1. The molecule has 1 unspecified atom stereocenters. The molecule has 0 radical (unpaired) electrons. The van der Waals surface area contributed by atoms with E-state index in [-0.39, 0.29) is 34.2 Å².